The predicted octanol–water partition coefficient (Wildman–Crippen LogP) is 4.64. The maximum Gasteiger partial charge on any atom is 0.282 e. The molecule has 1 heterocycles. The maximum atomic E-state index is 12.9. The Balaban J connectivity index is 1.72. The Morgan fingerprint density at radius 3 is 2.31 bits per heavy atom. The molecular formula is C22H17BrN2O4. The SMILES string of the molecule is CCOc1c(Br)cc(/C=N\N2C(=O)c3cccc4cccc(c34)C2=O)cc1OC. The quantitative estimate of drug-likeness (QED) is 0.417. The summed E-state index contributed by atoms with van der Waals surface area (Å²) < 4.78 is 11.6. The van der Waals surface area contributed by atoms with Gasteiger partial charge in [-0.05, 0) is 58.1 Å². The first-order valence-electron chi connectivity index (χ1n) is 9.00. The zero-order chi connectivity index (χ0) is 20.5. The molecule has 0 saturated carbocycles. The van der Waals surface area contributed by atoms with Crippen molar-refractivity contribution in [1.29, 1.82) is 0 Å². The van der Waals surface area contributed by atoms with Crippen molar-refractivity contribution in [2.75, 3.05) is 13.7 Å². The number of amides is 2. The lowest BCUT2D eigenvalue weighted by atomic mass is 9.95. The van der Waals surface area contributed by atoms with E-state index in [1.54, 1.807) is 43.5 Å². The average molecular weight is 453 g/mol. The van der Waals surface area contributed by atoms with Crippen molar-refractivity contribution in [1.82, 2.24) is 5.01 Å². The molecule has 0 fully saturated rings. The monoisotopic (exact) mass is 452 g/mol. The molecule has 0 saturated heterocycles. The summed E-state index contributed by atoms with van der Waals surface area (Å²) >= 11 is 3.46. The second kappa shape index (κ2) is 7.67. The van der Waals surface area contributed by atoms with E-state index in [1.807, 2.05) is 19.1 Å². The van der Waals surface area contributed by atoms with Gasteiger partial charge in [0.2, 0.25) is 0 Å². The van der Waals surface area contributed by atoms with Crippen molar-refractivity contribution in [2.45, 2.75) is 6.92 Å². The van der Waals surface area contributed by atoms with Crippen molar-refractivity contribution in [3.8, 4) is 11.5 Å². The number of hydrogen-bond donors (Lipinski definition) is 0. The van der Waals surface area contributed by atoms with Crippen LogP contribution in [0.15, 0.2) is 58.1 Å². The molecule has 0 N–H and O–H groups in total. The fourth-order valence-electron chi connectivity index (χ4n) is 3.35. The van der Waals surface area contributed by atoms with Crippen LogP contribution in [0.1, 0.15) is 33.2 Å². The number of imide groups is 1. The van der Waals surface area contributed by atoms with E-state index in [4.69, 9.17) is 9.47 Å². The number of carbonyl (C=O) groups excluding carboxylic acids is 2. The minimum atomic E-state index is -0.451. The number of hydrogen-bond acceptors (Lipinski definition) is 5. The predicted molar refractivity (Wildman–Crippen MR) is 114 cm³/mol. The molecule has 0 aliphatic carbocycles. The van der Waals surface area contributed by atoms with Crippen molar-refractivity contribution in [3.63, 3.8) is 0 Å². The maximum absolute atomic E-state index is 12.9. The van der Waals surface area contributed by atoms with E-state index in [0.717, 1.165) is 10.4 Å². The molecule has 0 aromatic heterocycles. The molecule has 29 heavy (non-hydrogen) atoms. The molecule has 0 unspecified atom stereocenters. The van der Waals surface area contributed by atoms with Crippen LogP contribution >= 0.6 is 15.9 Å². The van der Waals surface area contributed by atoms with E-state index >= 15 is 0 Å². The van der Waals surface area contributed by atoms with Crippen LogP contribution in [-0.4, -0.2) is 36.8 Å². The van der Waals surface area contributed by atoms with Crippen LogP contribution in [0.4, 0.5) is 0 Å². The highest BCUT2D eigenvalue weighted by Gasteiger charge is 2.32. The summed E-state index contributed by atoms with van der Waals surface area (Å²) in [6.07, 6.45) is 1.45. The number of rotatable bonds is 5. The lowest BCUT2D eigenvalue weighted by molar-refractivity contribution is 0.0616. The molecule has 0 bridgehead atoms. The van der Waals surface area contributed by atoms with Gasteiger partial charge in [0.1, 0.15) is 0 Å². The summed E-state index contributed by atoms with van der Waals surface area (Å²) in [6.45, 7) is 2.37. The second-order valence-corrected chi connectivity index (χ2v) is 7.20. The Morgan fingerprint density at radius 2 is 1.72 bits per heavy atom. The van der Waals surface area contributed by atoms with Crippen molar-refractivity contribution in [2.24, 2.45) is 5.10 Å². The van der Waals surface area contributed by atoms with Crippen LogP contribution in [-0.2, 0) is 0 Å². The molecule has 2 amide bonds. The molecule has 7 heteroatoms. The molecule has 3 aromatic carbocycles. The molecule has 4 rings (SSSR count). The molecule has 0 spiro atoms. The lowest BCUT2D eigenvalue weighted by Crippen LogP contribution is -2.36. The van der Waals surface area contributed by atoms with Gasteiger partial charge < -0.3 is 9.47 Å². The van der Waals surface area contributed by atoms with Crippen LogP contribution in [0, 0.1) is 0 Å². The Hall–Kier alpha value is -3.19. The molecule has 3 aromatic rings. The van der Waals surface area contributed by atoms with E-state index in [1.165, 1.54) is 6.21 Å². The molecule has 1 aliphatic rings. The molecule has 1 aliphatic heterocycles. The molecule has 6 nitrogen and oxygen atoms in total. The zero-order valence-electron chi connectivity index (χ0n) is 15.8. The van der Waals surface area contributed by atoms with Crippen molar-refractivity contribution >= 4 is 44.7 Å². The number of nitrogens with zero attached hydrogens (tertiary/aromatic N) is 2. The summed E-state index contributed by atoms with van der Waals surface area (Å²) in [6, 6.07) is 14.3. The lowest BCUT2D eigenvalue weighted by Gasteiger charge is -2.23. The first-order valence-corrected chi connectivity index (χ1v) is 9.79. The van der Waals surface area contributed by atoms with Gasteiger partial charge in [0, 0.05) is 5.39 Å². The Bertz CT molecular complexity index is 1120. The smallest absolute Gasteiger partial charge is 0.282 e. The Labute approximate surface area is 175 Å². The van der Waals surface area contributed by atoms with Crippen LogP contribution in [0.5, 0.6) is 11.5 Å². The highest BCUT2D eigenvalue weighted by atomic mass is 79.9. The van der Waals surface area contributed by atoms with Gasteiger partial charge in [-0.25, -0.2) is 0 Å². The van der Waals surface area contributed by atoms with E-state index < -0.39 is 11.8 Å². The normalized spacial score (nSPS) is 13.4. The highest BCUT2D eigenvalue weighted by Crippen LogP contribution is 2.36. The number of hydrazone groups is 1. The van der Waals surface area contributed by atoms with Crippen molar-refractivity contribution in [3.05, 3.63) is 69.7 Å². The third-order valence-corrected chi connectivity index (χ3v) is 5.20. The number of ether oxygens (including phenoxy) is 2. The highest BCUT2D eigenvalue weighted by molar-refractivity contribution is 9.10. The van der Waals surface area contributed by atoms with E-state index in [-0.39, 0.29) is 0 Å². The van der Waals surface area contributed by atoms with Crippen LogP contribution in [0.2, 0.25) is 0 Å². The van der Waals surface area contributed by atoms with Crippen LogP contribution in [0.3, 0.4) is 0 Å². The minimum Gasteiger partial charge on any atom is -0.493 e. The number of benzene rings is 3. The number of carbonyl (C=O) groups is 2. The van der Waals surface area contributed by atoms with Crippen LogP contribution < -0.4 is 9.47 Å². The Morgan fingerprint density at radius 1 is 1.07 bits per heavy atom. The number of halogens is 1. The summed E-state index contributed by atoms with van der Waals surface area (Å²) in [5.41, 5.74) is 1.57. The summed E-state index contributed by atoms with van der Waals surface area (Å²) in [5, 5.41) is 6.60. The van der Waals surface area contributed by atoms with E-state index in [0.29, 0.717) is 44.7 Å². The first-order chi connectivity index (χ1) is 14.0. The summed E-state index contributed by atoms with van der Waals surface area (Å²) in [5.74, 6) is 0.201. The fraction of sp³-hybridized carbons (Fsp3) is 0.136. The topological polar surface area (TPSA) is 68.2 Å². The fourth-order valence-corrected chi connectivity index (χ4v) is 3.92. The average Bonchev–Trinajstić information content (AvgIpc) is 2.73. The van der Waals surface area contributed by atoms with Crippen molar-refractivity contribution < 1.29 is 19.1 Å². The van der Waals surface area contributed by atoms with Gasteiger partial charge in [-0.15, -0.1) is 0 Å². The molecular weight excluding hydrogens is 436 g/mol. The third-order valence-electron chi connectivity index (χ3n) is 4.61. The van der Waals surface area contributed by atoms with Gasteiger partial charge in [-0.3, -0.25) is 9.59 Å². The van der Waals surface area contributed by atoms with Gasteiger partial charge in [-0.1, -0.05) is 24.3 Å². The largest absolute Gasteiger partial charge is 0.493 e. The standard InChI is InChI=1S/C22H17BrN2O4/c1-3-29-20-17(23)10-13(11-18(20)28-2)12-24-25-21(26)15-8-4-6-14-7-5-9-16(19(14)15)22(25)27/h4-12H,3H2,1-2H3/b24-12-. The van der Waals surface area contributed by atoms with E-state index in [2.05, 4.69) is 21.0 Å². The van der Waals surface area contributed by atoms with E-state index in [9.17, 15) is 9.59 Å². The van der Waals surface area contributed by atoms with Crippen LogP contribution in [0.25, 0.3) is 10.8 Å². The molecule has 146 valence electrons. The summed E-state index contributed by atoms with van der Waals surface area (Å²) in [4.78, 5) is 25.8. The first kappa shape index (κ1) is 19.1. The van der Waals surface area contributed by atoms with Gasteiger partial charge in [0.25, 0.3) is 11.8 Å². The minimum absolute atomic E-state index is 0.451. The van der Waals surface area contributed by atoms with Gasteiger partial charge in [0.05, 0.1) is 35.5 Å². The molecule has 0 radical (unpaired) electrons. The summed E-state index contributed by atoms with van der Waals surface area (Å²) in [7, 11) is 1.54. The molecule has 0 atom stereocenters. The van der Waals surface area contributed by atoms with Gasteiger partial charge in [0.15, 0.2) is 11.5 Å². The van der Waals surface area contributed by atoms with Gasteiger partial charge in [-0.2, -0.15) is 10.1 Å². The number of methoxy groups -OCH3 is 1. The van der Waals surface area contributed by atoms with Gasteiger partial charge >= 0.3 is 0 Å². The Kier molecular flexibility index (Phi) is 5.07. The second-order valence-electron chi connectivity index (χ2n) is 6.34. The third kappa shape index (κ3) is 3.27. The zero-order valence-corrected chi connectivity index (χ0v) is 17.4.